The Balaban J connectivity index is 2.59. The molecule has 90 valence electrons. The highest BCUT2D eigenvalue weighted by molar-refractivity contribution is 6.42. The molecule has 1 atom stereocenters. The Morgan fingerprint density at radius 3 is 2.62 bits per heavy atom. The van der Waals surface area contributed by atoms with Crippen LogP contribution in [0.2, 0.25) is 10.0 Å². The number of benzene rings is 1. The lowest BCUT2D eigenvalue weighted by Gasteiger charge is -2.15. The molecule has 4 heteroatoms. The minimum Gasteiger partial charge on any atom is -0.271 e. The summed E-state index contributed by atoms with van der Waals surface area (Å²) in [5.41, 5.74) is 4.00. The molecule has 0 heterocycles. The van der Waals surface area contributed by atoms with Crippen molar-refractivity contribution in [2.75, 3.05) is 0 Å². The summed E-state index contributed by atoms with van der Waals surface area (Å²) in [6.07, 6.45) is 4.32. The summed E-state index contributed by atoms with van der Waals surface area (Å²) < 4.78 is 0. The normalized spacial score (nSPS) is 12.8. The van der Waals surface area contributed by atoms with Crippen molar-refractivity contribution in [2.45, 2.75) is 38.6 Å². The first kappa shape index (κ1) is 13.8. The van der Waals surface area contributed by atoms with Crippen molar-refractivity contribution in [3.05, 3.63) is 33.8 Å². The fraction of sp³-hybridized carbons (Fsp3) is 0.500. The third-order valence-electron chi connectivity index (χ3n) is 2.61. The van der Waals surface area contributed by atoms with Crippen LogP contribution in [-0.2, 0) is 6.42 Å². The second kappa shape index (κ2) is 7.13. The fourth-order valence-electron chi connectivity index (χ4n) is 1.65. The molecule has 0 amide bonds. The maximum absolute atomic E-state index is 5.96. The van der Waals surface area contributed by atoms with Gasteiger partial charge in [0.1, 0.15) is 0 Å². The van der Waals surface area contributed by atoms with E-state index in [2.05, 4.69) is 12.3 Å². The molecule has 16 heavy (non-hydrogen) atoms. The highest BCUT2D eigenvalue weighted by atomic mass is 35.5. The Morgan fingerprint density at radius 2 is 2.06 bits per heavy atom. The number of unbranched alkanes of at least 4 members (excludes halogenated alkanes) is 1. The van der Waals surface area contributed by atoms with Crippen LogP contribution >= 0.6 is 23.2 Å². The van der Waals surface area contributed by atoms with Gasteiger partial charge in [0.15, 0.2) is 0 Å². The zero-order valence-corrected chi connectivity index (χ0v) is 11.0. The van der Waals surface area contributed by atoms with E-state index < -0.39 is 0 Å². The smallest absolute Gasteiger partial charge is 0.0595 e. The van der Waals surface area contributed by atoms with Crippen LogP contribution in [0.3, 0.4) is 0 Å². The number of rotatable bonds is 6. The highest BCUT2D eigenvalue weighted by Gasteiger charge is 2.08. The first-order valence-electron chi connectivity index (χ1n) is 5.57. The molecule has 3 N–H and O–H groups in total. The van der Waals surface area contributed by atoms with Crippen molar-refractivity contribution in [3.8, 4) is 0 Å². The molecule has 0 bridgehead atoms. The van der Waals surface area contributed by atoms with E-state index in [-0.39, 0.29) is 0 Å². The molecule has 0 aliphatic rings. The van der Waals surface area contributed by atoms with Crippen molar-refractivity contribution >= 4 is 23.2 Å². The molecule has 0 fully saturated rings. The first-order valence-corrected chi connectivity index (χ1v) is 6.33. The maximum Gasteiger partial charge on any atom is 0.0595 e. The van der Waals surface area contributed by atoms with Crippen LogP contribution in [0.5, 0.6) is 0 Å². The quantitative estimate of drug-likeness (QED) is 0.607. The lowest BCUT2D eigenvalue weighted by molar-refractivity contribution is 0.473. The summed E-state index contributed by atoms with van der Waals surface area (Å²) >= 11 is 11.8. The van der Waals surface area contributed by atoms with Crippen LogP contribution in [0, 0.1) is 0 Å². The first-order chi connectivity index (χ1) is 7.67. The van der Waals surface area contributed by atoms with Gasteiger partial charge in [-0.1, -0.05) is 49.0 Å². The molecular weight excluding hydrogens is 243 g/mol. The number of hydrogen-bond donors (Lipinski definition) is 2. The second-order valence-electron chi connectivity index (χ2n) is 3.96. The zero-order chi connectivity index (χ0) is 12.0. The van der Waals surface area contributed by atoms with Gasteiger partial charge in [-0.3, -0.25) is 11.3 Å². The number of halogens is 2. The van der Waals surface area contributed by atoms with E-state index in [1.807, 2.05) is 18.2 Å². The summed E-state index contributed by atoms with van der Waals surface area (Å²) in [5.74, 6) is 5.52. The number of nitrogens with two attached hydrogens (primary N) is 1. The Labute approximate surface area is 107 Å². The number of hydrogen-bond acceptors (Lipinski definition) is 2. The highest BCUT2D eigenvalue weighted by Crippen LogP contribution is 2.23. The van der Waals surface area contributed by atoms with E-state index in [4.69, 9.17) is 29.0 Å². The average Bonchev–Trinajstić information content (AvgIpc) is 2.29. The van der Waals surface area contributed by atoms with Gasteiger partial charge < -0.3 is 0 Å². The van der Waals surface area contributed by atoms with Crippen LogP contribution < -0.4 is 11.3 Å². The molecule has 0 saturated carbocycles. The summed E-state index contributed by atoms with van der Waals surface area (Å²) in [4.78, 5) is 0. The van der Waals surface area contributed by atoms with Crippen LogP contribution in [0.4, 0.5) is 0 Å². The minimum absolute atomic E-state index is 0.303. The molecule has 0 spiro atoms. The van der Waals surface area contributed by atoms with Crippen LogP contribution in [0.1, 0.15) is 31.7 Å². The lowest BCUT2D eigenvalue weighted by Crippen LogP contribution is -2.36. The lowest BCUT2D eigenvalue weighted by atomic mass is 10.0. The number of nitrogens with one attached hydrogen (secondary N) is 1. The average molecular weight is 261 g/mol. The van der Waals surface area contributed by atoms with E-state index in [0.29, 0.717) is 16.1 Å². The standard InChI is InChI=1S/C12H18Cl2N2/c1-2-3-4-10(16-15)7-9-5-6-11(13)12(14)8-9/h5-6,8,10,16H,2-4,7,15H2,1H3. The van der Waals surface area contributed by atoms with E-state index in [1.54, 1.807) is 0 Å². The predicted molar refractivity (Wildman–Crippen MR) is 70.8 cm³/mol. The summed E-state index contributed by atoms with van der Waals surface area (Å²) in [6, 6.07) is 6.02. The van der Waals surface area contributed by atoms with Gasteiger partial charge in [-0.2, -0.15) is 0 Å². The molecule has 1 aromatic rings. The van der Waals surface area contributed by atoms with Gasteiger partial charge in [0.05, 0.1) is 10.0 Å². The molecule has 1 rings (SSSR count). The topological polar surface area (TPSA) is 38.0 Å². The monoisotopic (exact) mass is 260 g/mol. The van der Waals surface area contributed by atoms with Gasteiger partial charge in [0.2, 0.25) is 0 Å². The minimum atomic E-state index is 0.303. The molecular formula is C12H18Cl2N2. The summed E-state index contributed by atoms with van der Waals surface area (Å²) in [5, 5.41) is 1.20. The van der Waals surface area contributed by atoms with Crippen molar-refractivity contribution in [1.29, 1.82) is 0 Å². The van der Waals surface area contributed by atoms with Crippen molar-refractivity contribution in [2.24, 2.45) is 5.84 Å². The molecule has 0 saturated heterocycles. The van der Waals surface area contributed by atoms with E-state index in [0.717, 1.165) is 18.4 Å². The van der Waals surface area contributed by atoms with E-state index >= 15 is 0 Å². The Hall–Kier alpha value is -0.280. The van der Waals surface area contributed by atoms with E-state index in [9.17, 15) is 0 Å². The Bertz CT molecular complexity index is 329. The predicted octanol–water partition coefficient (Wildman–Crippen LogP) is 3.56. The largest absolute Gasteiger partial charge is 0.271 e. The third kappa shape index (κ3) is 4.30. The SMILES string of the molecule is CCCCC(Cc1ccc(Cl)c(Cl)c1)NN. The second-order valence-corrected chi connectivity index (χ2v) is 4.77. The van der Waals surface area contributed by atoms with Crippen LogP contribution in [-0.4, -0.2) is 6.04 Å². The van der Waals surface area contributed by atoms with Crippen LogP contribution in [0.25, 0.3) is 0 Å². The molecule has 0 aliphatic heterocycles. The number of hydrazine groups is 1. The molecule has 0 aliphatic carbocycles. The molecule has 1 aromatic carbocycles. The Morgan fingerprint density at radius 1 is 1.31 bits per heavy atom. The van der Waals surface area contributed by atoms with Gasteiger partial charge in [-0.05, 0) is 30.5 Å². The maximum atomic E-state index is 5.96. The zero-order valence-electron chi connectivity index (χ0n) is 9.47. The van der Waals surface area contributed by atoms with Crippen molar-refractivity contribution in [3.63, 3.8) is 0 Å². The van der Waals surface area contributed by atoms with Gasteiger partial charge in [0.25, 0.3) is 0 Å². The molecule has 1 unspecified atom stereocenters. The molecule has 0 radical (unpaired) electrons. The Kier molecular flexibility index (Phi) is 6.14. The summed E-state index contributed by atoms with van der Waals surface area (Å²) in [7, 11) is 0. The van der Waals surface area contributed by atoms with E-state index in [1.165, 1.54) is 12.8 Å². The molecule has 0 aromatic heterocycles. The van der Waals surface area contributed by atoms with Gasteiger partial charge in [-0.25, -0.2) is 0 Å². The fourth-order valence-corrected chi connectivity index (χ4v) is 1.97. The van der Waals surface area contributed by atoms with Crippen molar-refractivity contribution in [1.82, 2.24) is 5.43 Å². The van der Waals surface area contributed by atoms with Gasteiger partial charge in [-0.15, -0.1) is 0 Å². The van der Waals surface area contributed by atoms with Crippen LogP contribution in [0.15, 0.2) is 18.2 Å². The summed E-state index contributed by atoms with van der Waals surface area (Å²) in [6.45, 7) is 2.17. The van der Waals surface area contributed by atoms with Gasteiger partial charge >= 0.3 is 0 Å². The van der Waals surface area contributed by atoms with Gasteiger partial charge in [0, 0.05) is 6.04 Å². The molecule has 2 nitrogen and oxygen atoms in total. The third-order valence-corrected chi connectivity index (χ3v) is 3.35. The van der Waals surface area contributed by atoms with Crippen molar-refractivity contribution < 1.29 is 0 Å².